The highest BCUT2D eigenvalue weighted by Crippen LogP contribution is 2.20. The molecule has 1 N–H and O–H groups in total. The fourth-order valence-electron chi connectivity index (χ4n) is 0.909. The molecule has 0 aliphatic heterocycles. The number of aromatic nitrogens is 1. The maximum atomic E-state index is 10.5. The van der Waals surface area contributed by atoms with Crippen LogP contribution in [0.5, 0.6) is 0 Å². The normalized spacial score (nSPS) is 10.3. The molecule has 1 aromatic heterocycles. The van der Waals surface area contributed by atoms with E-state index < -0.39 is 5.97 Å². The number of carbonyl (C=O) groups is 1. The number of hydrogen-bond acceptors (Lipinski definition) is 3. The van der Waals surface area contributed by atoms with Crippen molar-refractivity contribution in [1.29, 1.82) is 0 Å². The highest BCUT2D eigenvalue weighted by Gasteiger charge is 2.08. The molecular weight excluding hydrogens is 174 g/mol. The number of carboxylic acids is 1. The minimum atomic E-state index is -0.976. The number of carboxylic acid groups (broad SMARTS) is 1. The zero-order valence-electron chi connectivity index (χ0n) is 5.94. The Morgan fingerprint density at radius 2 is 2.50 bits per heavy atom. The highest BCUT2D eigenvalue weighted by molar-refractivity contribution is 7.20. The molecule has 12 heavy (non-hydrogen) atoms. The second-order valence-corrected chi connectivity index (χ2v) is 3.25. The first-order valence-corrected chi connectivity index (χ1v) is 4.09. The molecule has 1 aromatic carbocycles. The average molecular weight is 178 g/mol. The molecule has 3 nitrogen and oxygen atoms in total. The van der Waals surface area contributed by atoms with Crippen LogP contribution in [0.3, 0.4) is 0 Å². The molecule has 1 radical (unpaired) electrons. The monoisotopic (exact) mass is 178 g/mol. The van der Waals surface area contributed by atoms with Crippen LogP contribution >= 0.6 is 11.3 Å². The third-order valence-electron chi connectivity index (χ3n) is 1.42. The molecule has 0 amide bonds. The van der Waals surface area contributed by atoms with E-state index in [1.165, 1.54) is 11.3 Å². The lowest BCUT2D eigenvalue weighted by molar-refractivity contribution is 0.0696. The maximum Gasteiger partial charge on any atom is 0.365 e. The predicted octanol–water partition coefficient (Wildman–Crippen LogP) is 1.79. The van der Waals surface area contributed by atoms with Gasteiger partial charge in [0.05, 0.1) is 10.2 Å². The van der Waals surface area contributed by atoms with Crippen LogP contribution in [0.4, 0.5) is 0 Å². The molecule has 4 heteroatoms. The van der Waals surface area contributed by atoms with Crippen molar-refractivity contribution in [3.8, 4) is 0 Å². The first-order chi connectivity index (χ1) is 5.77. The number of nitrogens with zero attached hydrogens (tertiary/aromatic N) is 1. The van der Waals surface area contributed by atoms with Gasteiger partial charge in [0, 0.05) is 0 Å². The lowest BCUT2D eigenvalue weighted by Gasteiger charge is -1.79. The van der Waals surface area contributed by atoms with E-state index in [9.17, 15) is 4.79 Å². The summed E-state index contributed by atoms with van der Waals surface area (Å²) in [5, 5.41) is 8.75. The van der Waals surface area contributed by atoms with E-state index in [0.717, 1.165) is 4.70 Å². The van der Waals surface area contributed by atoms with E-state index in [0.29, 0.717) is 5.52 Å². The number of benzene rings is 1. The van der Waals surface area contributed by atoms with Crippen LogP contribution in [0, 0.1) is 6.07 Å². The largest absolute Gasteiger partial charge is 0.476 e. The summed E-state index contributed by atoms with van der Waals surface area (Å²) in [7, 11) is 0. The molecule has 1 heterocycles. The van der Waals surface area contributed by atoms with E-state index in [2.05, 4.69) is 11.1 Å². The van der Waals surface area contributed by atoms with Crippen molar-refractivity contribution in [1.82, 2.24) is 4.98 Å². The van der Waals surface area contributed by atoms with Gasteiger partial charge in [0.15, 0.2) is 0 Å². The van der Waals surface area contributed by atoms with E-state index >= 15 is 0 Å². The van der Waals surface area contributed by atoms with Gasteiger partial charge in [0.25, 0.3) is 0 Å². The Bertz CT molecular complexity index is 402. The highest BCUT2D eigenvalue weighted by atomic mass is 32.1. The first-order valence-electron chi connectivity index (χ1n) is 3.27. The minimum Gasteiger partial charge on any atom is -0.476 e. The molecule has 0 aliphatic carbocycles. The summed E-state index contributed by atoms with van der Waals surface area (Å²) in [6, 6.07) is 8.06. The van der Waals surface area contributed by atoms with E-state index in [1.54, 1.807) is 18.2 Å². The topological polar surface area (TPSA) is 50.2 Å². The molecule has 0 saturated heterocycles. The third-order valence-corrected chi connectivity index (χ3v) is 2.44. The molecule has 0 unspecified atom stereocenters. The standard InChI is InChI=1S/C8H4NO2S/c10-8(11)7-9-5-3-1-2-4-6(5)12-7/h2-4H,(H,10,11). The Kier molecular flexibility index (Phi) is 1.55. The molecule has 59 valence electrons. The number of aromatic carboxylic acids is 1. The molecule has 0 aliphatic rings. The van der Waals surface area contributed by atoms with Crippen LogP contribution in [0.25, 0.3) is 10.2 Å². The van der Waals surface area contributed by atoms with Gasteiger partial charge in [-0.25, -0.2) is 9.78 Å². The third kappa shape index (κ3) is 1.06. The summed E-state index contributed by atoms with van der Waals surface area (Å²) in [4.78, 5) is 14.4. The molecule has 0 atom stereocenters. The maximum absolute atomic E-state index is 10.5. The molecule has 0 fully saturated rings. The summed E-state index contributed by atoms with van der Waals surface area (Å²) in [5.74, 6) is -0.976. The van der Waals surface area contributed by atoms with E-state index in [4.69, 9.17) is 5.11 Å². The molecular formula is C8H4NO2S. The van der Waals surface area contributed by atoms with Crippen LogP contribution in [0.2, 0.25) is 0 Å². The Labute approximate surface area is 72.3 Å². The van der Waals surface area contributed by atoms with Crippen molar-refractivity contribution in [3.63, 3.8) is 0 Å². The van der Waals surface area contributed by atoms with Gasteiger partial charge in [-0.2, -0.15) is 0 Å². The predicted molar refractivity (Wildman–Crippen MR) is 45.4 cm³/mol. The van der Waals surface area contributed by atoms with Gasteiger partial charge < -0.3 is 5.11 Å². The van der Waals surface area contributed by atoms with Crippen LogP contribution in [0.15, 0.2) is 18.2 Å². The van der Waals surface area contributed by atoms with Crippen molar-refractivity contribution < 1.29 is 9.90 Å². The lowest BCUT2D eigenvalue weighted by Crippen LogP contribution is -1.93. The Balaban J connectivity index is 2.70. The van der Waals surface area contributed by atoms with Crippen molar-refractivity contribution in [2.45, 2.75) is 0 Å². The summed E-state index contributed by atoms with van der Waals surface area (Å²) in [6.07, 6.45) is 0. The minimum absolute atomic E-state index is 0.129. The van der Waals surface area contributed by atoms with Crippen LogP contribution in [-0.4, -0.2) is 16.1 Å². The van der Waals surface area contributed by atoms with Crippen LogP contribution in [-0.2, 0) is 0 Å². The molecule has 0 spiro atoms. The number of hydrogen-bond donors (Lipinski definition) is 1. The fourth-order valence-corrected chi connectivity index (χ4v) is 1.69. The summed E-state index contributed by atoms with van der Waals surface area (Å²) >= 11 is 1.17. The quantitative estimate of drug-likeness (QED) is 0.724. The van der Waals surface area contributed by atoms with Gasteiger partial charge >= 0.3 is 5.97 Å². The van der Waals surface area contributed by atoms with Gasteiger partial charge in [0.1, 0.15) is 0 Å². The van der Waals surface area contributed by atoms with Gasteiger partial charge in [-0.3, -0.25) is 0 Å². The van der Waals surface area contributed by atoms with Crippen molar-refractivity contribution in [3.05, 3.63) is 29.3 Å². The van der Waals surface area contributed by atoms with E-state index in [1.807, 2.05) is 0 Å². The van der Waals surface area contributed by atoms with Gasteiger partial charge in [-0.05, 0) is 18.2 Å². The van der Waals surface area contributed by atoms with E-state index in [-0.39, 0.29) is 5.01 Å². The average Bonchev–Trinajstić information content (AvgIpc) is 2.46. The second-order valence-electron chi connectivity index (χ2n) is 2.22. The Morgan fingerprint density at radius 1 is 1.67 bits per heavy atom. The lowest BCUT2D eigenvalue weighted by atomic mass is 10.3. The SMILES string of the molecule is O=C(O)c1nc2c[c]ccc2s1. The molecule has 0 saturated carbocycles. The number of thiazole rings is 1. The Morgan fingerprint density at radius 3 is 3.17 bits per heavy atom. The first kappa shape index (κ1) is 7.24. The zero-order valence-corrected chi connectivity index (χ0v) is 6.76. The van der Waals surface area contributed by atoms with Gasteiger partial charge in [0.2, 0.25) is 5.01 Å². The van der Waals surface area contributed by atoms with Gasteiger partial charge in [-0.1, -0.05) is 6.07 Å². The van der Waals surface area contributed by atoms with Crippen LogP contribution < -0.4 is 0 Å². The summed E-state index contributed by atoms with van der Waals surface area (Å²) in [5.41, 5.74) is 0.694. The van der Waals surface area contributed by atoms with Gasteiger partial charge in [-0.15, -0.1) is 11.3 Å². The van der Waals surface area contributed by atoms with Crippen molar-refractivity contribution in [2.24, 2.45) is 0 Å². The number of fused-ring (bicyclic) bond motifs is 1. The number of rotatable bonds is 1. The smallest absolute Gasteiger partial charge is 0.365 e. The van der Waals surface area contributed by atoms with Crippen molar-refractivity contribution >= 4 is 27.5 Å². The van der Waals surface area contributed by atoms with Crippen LogP contribution in [0.1, 0.15) is 9.80 Å². The Hall–Kier alpha value is -1.42. The second kappa shape index (κ2) is 2.57. The molecule has 2 rings (SSSR count). The molecule has 2 aromatic rings. The molecule has 0 bridgehead atoms. The fraction of sp³-hybridized carbons (Fsp3) is 0. The summed E-state index contributed by atoms with van der Waals surface area (Å²) < 4.78 is 0.881. The zero-order chi connectivity index (χ0) is 8.55. The van der Waals surface area contributed by atoms with Crippen molar-refractivity contribution in [2.75, 3.05) is 0 Å². The summed E-state index contributed by atoms with van der Waals surface area (Å²) in [6.45, 7) is 0.